The Bertz CT molecular complexity index is 425. The Kier molecular flexibility index (Phi) is 3.07. The van der Waals surface area contributed by atoms with Gasteiger partial charge in [-0.05, 0) is 32.0 Å². The van der Waals surface area contributed by atoms with E-state index < -0.39 is 0 Å². The van der Waals surface area contributed by atoms with Crippen LogP contribution in [-0.2, 0) is 4.79 Å². The van der Waals surface area contributed by atoms with Crippen LogP contribution in [0.5, 0.6) is 5.75 Å². The Hall–Kier alpha value is -1.55. The third kappa shape index (κ3) is 2.26. The van der Waals surface area contributed by atoms with Crippen LogP contribution in [0.25, 0.3) is 0 Å². The summed E-state index contributed by atoms with van der Waals surface area (Å²) in [6.45, 7) is 3.58. The van der Waals surface area contributed by atoms with E-state index in [9.17, 15) is 9.90 Å². The van der Waals surface area contributed by atoms with E-state index in [4.69, 9.17) is 0 Å². The summed E-state index contributed by atoms with van der Waals surface area (Å²) in [5.74, 6) is 0.268. The number of hydrogen-bond donors (Lipinski definition) is 2. The van der Waals surface area contributed by atoms with E-state index in [0.29, 0.717) is 0 Å². The Labute approximate surface area is 101 Å². The van der Waals surface area contributed by atoms with Crippen molar-refractivity contribution >= 4 is 11.6 Å². The van der Waals surface area contributed by atoms with E-state index in [0.717, 1.165) is 25.2 Å². The average Bonchev–Trinajstić information content (AvgIpc) is 2.75. The zero-order valence-electron chi connectivity index (χ0n) is 10.2. The lowest BCUT2D eigenvalue weighted by atomic mass is 9.88. The number of aromatic hydroxyl groups is 1. The third-order valence-electron chi connectivity index (χ3n) is 3.41. The summed E-state index contributed by atoms with van der Waals surface area (Å²) in [4.78, 5) is 14.0. The van der Waals surface area contributed by atoms with Gasteiger partial charge in [0.1, 0.15) is 5.75 Å². The summed E-state index contributed by atoms with van der Waals surface area (Å²) in [6, 6.07) is 6.76. The molecule has 1 fully saturated rings. The molecule has 92 valence electrons. The van der Waals surface area contributed by atoms with Crippen LogP contribution < -0.4 is 10.2 Å². The van der Waals surface area contributed by atoms with Crippen molar-refractivity contribution in [2.24, 2.45) is 5.41 Å². The molecule has 1 aromatic carbocycles. The second-order valence-corrected chi connectivity index (χ2v) is 4.87. The first-order valence-corrected chi connectivity index (χ1v) is 5.81. The summed E-state index contributed by atoms with van der Waals surface area (Å²) in [7, 11) is 1.75. The normalized spacial score (nSPS) is 23.6. The molecule has 1 atom stereocenters. The second-order valence-electron chi connectivity index (χ2n) is 4.87. The molecule has 4 heteroatoms. The van der Waals surface area contributed by atoms with Crippen LogP contribution in [-0.4, -0.2) is 31.2 Å². The molecule has 0 bridgehead atoms. The van der Waals surface area contributed by atoms with Gasteiger partial charge >= 0.3 is 0 Å². The van der Waals surface area contributed by atoms with Crippen molar-refractivity contribution in [3.05, 3.63) is 24.3 Å². The molecule has 1 amide bonds. The van der Waals surface area contributed by atoms with Crippen molar-refractivity contribution in [1.29, 1.82) is 0 Å². The second kappa shape index (κ2) is 4.37. The number of hydrogen-bond acceptors (Lipinski definition) is 3. The number of nitrogens with zero attached hydrogens (tertiary/aromatic N) is 1. The quantitative estimate of drug-likeness (QED) is 0.812. The van der Waals surface area contributed by atoms with Gasteiger partial charge in [0, 0.05) is 25.3 Å². The molecule has 1 heterocycles. The van der Waals surface area contributed by atoms with Crippen LogP contribution in [0, 0.1) is 5.41 Å². The lowest BCUT2D eigenvalue weighted by molar-refractivity contribution is -0.126. The summed E-state index contributed by atoms with van der Waals surface area (Å²) in [5, 5.41) is 12.6. The Morgan fingerprint density at radius 1 is 1.53 bits per heavy atom. The van der Waals surface area contributed by atoms with Crippen LogP contribution in [0.3, 0.4) is 0 Å². The molecule has 0 saturated carbocycles. The highest BCUT2D eigenvalue weighted by atomic mass is 16.3. The van der Waals surface area contributed by atoms with Crippen LogP contribution in [0.2, 0.25) is 0 Å². The molecule has 1 aliphatic rings. The lowest BCUT2D eigenvalue weighted by Crippen LogP contribution is -2.41. The van der Waals surface area contributed by atoms with E-state index in [2.05, 4.69) is 5.32 Å². The summed E-state index contributed by atoms with van der Waals surface area (Å²) >= 11 is 0. The maximum atomic E-state index is 12.4. The van der Waals surface area contributed by atoms with Crippen LogP contribution in [0.4, 0.5) is 5.69 Å². The number of phenolic OH excluding ortho intramolecular Hbond substituents is 1. The fourth-order valence-corrected chi connectivity index (χ4v) is 2.22. The van der Waals surface area contributed by atoms with Crippen molar-refractivity contribution in [3.63, 3.8) is 0 Å². The van der Waals surface area contributed by atoms with Crippen molar-refractivity contribution < 1.29 is 9.90 Å². The van der Waals surface area contributed by atoms with Gasteiger partial charge in [-0.1, -0.05) is 6.07 Å². The molecule has 17 heavy (non-hydrogen) atoms. The maximum absolute atomic E-state index is 12.4. The number of nitrogens with one attached hydrogen (secondary N) is 1. The maximum Gasteiger partial charge on any atom is 0.233 e. The Balaban J connectivity index is 2.20. The Morgan fingerprint density at radius 2 is 2.29 bits per heavy atom. The highest BCUT2D eigenvalue weighted by Gasteiger charge is 2.38. The molecule has 4 nitrogen and oxygen atoms in total. The van der Waals surface area contributed by atoms with Gasteiger partial charge in [0.2, 0.25) is 5.91 Å². The zero-order valence-corrected chi connectivity index (χ0v) is 10.2. The van der Waals surface area contributed by atoms with Gasteiger partial charge in [-0.25, -0.2) is 0 Å². The van der Waals surface area contributed by atoms with Crippen LogP contribution in [0.1, 0.15) is 13.3 Å². The average molecular weight is 234 g/mol. The van der Waals surface area contributed by atoms with Crippen LogP contribution >= 0.6 is 0 Å². The molecule has 0 radical (unpaired) electrons. The largest absolute Gasteiger partial charge is 0.508 e. The number of anilines is 1. The predicted molar refractivity (Wildman–Crippen MR) is 67.1 cm³/mol. The smallest absolute Gasteiger partial charge is 0.233 e. The van der Waals surface area contributed by atoms with E-state index in [-0.39, 0.29) is 17.1 Å². The fourth-order valence-electron chi connectivity index (χ4n) is 2.22. The van der Waals surface area contributed by atoms with Crippen molar-refractivity contribution in [3.8, 4) is 5.75 Å². The molecule has 1 unspecified atom stereocenters. The minimum absolute atomic E-state index is 0.0908. The molecule has 2 rings (SSSR count). The number of phenols is 1. The van der Waals surface area contributed by atoms with Crippen LogP contribution in [0.15, 0.2) is 24.3 Å². The topological polar surface area (TPSA) is 52.6 Å². The van der Waals surface area contributed by atoms with E-state index >= 15 is 0 Å². The van der Waals surface area contributed by atoms with Gasteiger partial charge < -0.3 is 15.3 Å². The van der Waals surface area contributed by atoms with E-state index in [1.165, 1.54) is 0 Å². The summed E-state index contributed by atoms with van der Waals surface area (Å²) < 4.78 is 0. The predicted octanol–water partition coefficient (Wildman–Crippen LogP) is 1.35. The van der Waals surface area contributed by atoms with Gasteiger partial charge in [0.15, 0.2) is 0 Å². The molecular formula is C13H18N2O2. The number of benzene rings is 1. The fraction of sp³-hybridized carbons (Fsp3) is 0.462. The highest BCUT2D eigenvalue weighted by Crippen LogP contribution is 2.29. The van der Waals surface area contributed by atoms with Gasteiger partial charge in [-0.15, -0.1) is 0 Å². The molecular weight excluding hydrogens is 216 g/mol. The SMILES string of the molecule is CN(C(=O)C1(C)CCNC1)c1cccc(O)c1. The van der Waals surface area contributed by atoms with Crippen molar-refractivity contribution in [1.82, 2.24) is 5.32 Å². The Morgan fingerprint density at radius 3 is 2.88 bits per heavy atom. The van der Waals surface area contributed by atoms with Crippen molar-refractivity contribution in [2.45, 2.75) is 13.3 Å². The zero-order chi connectivity index (χ0) is 12.5. The monoisotopic (exact) mass is 234 g/mol. The molecule has 0 spiro atoms. The molecule has 2 N–H and O–H groups in total. The van der Waals surface area contributed by atoms with Gasteiger partial charge in [0.05, 0.1) is 5.41 Å². The number of carbonyl (C=O) groups is 1. The number of carbonyl (C=O) groups excluding carboxylic acids is 1. The van der Waals surface area contributed by atoms with Gasteiger partial charge in [-0.2, -0.15) is 0 Å². The minimum atomic E-state index is -0.333. The standard InChI is InChI=1S/C13H18N2O2/c1-13(6-7-14-9-13)12(17)15(2)10-4-3-5-11(16)8-10/h3-5,8,14,16H,6-7,9H2,1-2H3. The first-order valence-electron chi connectivity index (χ1n) is 5.81. The first kappa shape index (κ1) is 11.9. The molecule has 1 saturated heterocycles. The third-order valence-corrected chi connectivity index (χ3v) is 3.41. The minimum Gasteiger partial charge on any atom is -0.508 e. The van der Waals surface area contributed by atoms with Crippen molar-refractivity contribution in [2.75, 3.05) is 25.0 Å². The molecule has 0 aromatic heterocycles. The first-order chi connectivity index (χ1) is 8.03. The number of rotatable bonds is 2. The molecule has 1 aromatic rings. The highest BCUT2D eigenvalue weighted by molar-refractivity contribution is 5.97. The van der Waals surface area contributed by atoms with E-state index in [1.807, 2.05) is 13.0 Å². The van der Waals surface area contributed by atoms with Gasteiger partial charge in [0.25, 0.3) is 0 Å². The van der Waals surface area contributed by atoms with Gasteiger partial charge in [-0.3, -0.25) is 4.79 Å². The summed E-state index contributed by atoms with van der Waals surface area (Å²) in [6.07, 6.45) is 0.856. The van der Waals surface area contributed by atoms with E-state index in [1.54, 1.807) is 30.1 Å². The number of amides is 1. The lowest BCUT2D eigenvalue weighted by Gasteiger charge is -2.28. The summed E-state index contributed by atoms with van der Waals surface area (Å²) in [5.41, 5.74) is 0.392. The molecule has 1 aliphatic heterocycles. The molecule has 0 aliphatic carbocycles.